The van der Waals surface area contributed by atoms with Crippen molar-refractivity contribution < 1.29 is 4.79 Å². The lowest BCUT2D eigenvalue weighted by Gasteiger charge is -2.31. The lowest BCUT2D eigenvalue weighted by atomic mass is 9.96. The summed E-state index contributed by atoms with van der Waals surface area (Å²) in [6.07, 6.45) is 3.22. The van der Waals surface area contributed by atoms with Crippen molar-refractivity contribution in [3.63, 3.8) is 0 Å². The highest BCUT2D eigenvalue weighted by molar-refractivity contribution is 5.78. The minimum atomic E-state index is 0.214. The Kier molecular flexibility index (Phi) is 6.52. The van der Waals surface area contributed by atoms with Gasteiger partial charge in [0.15, 0.2) is 0 Å². The van der Waals surface area contributed by atoms with E-state index in [2.05, 4.69) is 29.4 Å². The van der Waals surface area contributed by atoms with Crippen molar-refractivity contribution in [1.82, 2.24) is 15.5 Å². The molecule has 0 atom stereocenters. The first kappa shape index (κ1) is 14.5. The van der Waals surface area contributed by atoms with Gasteiger partial charge in [0.05, 0.1) is 0 Å². The predicted octanol–water partition coefficient (Wildman–Crippen LogP) is 0.833. The Bertz CT molecular complexity index is 223. The Morgan fingerprint density at radius 2 is 2.00 bits per heavy atom. The summed E-state index contributed by atoms with van der Waals surface area (Å²) in [6.45, 7) is 8.73. The van der Waals surface area contributed by atoms with Gasteiger partial charge in [0, 0.05) is 19.0 Å². The van der Waals surface area contributed by atoms with Crippen LogP contribution in [0.1, 0.15) is 33.1 Å². The van der Waals surface area contributed by atoms with Gasteiger partial charge in [-0.25, -0.2) is 0 Å². The fraction of sp³-hybridized carbons (Fsp3) is 0.923. The largest absolute Gasteiger partial charge is 0.359 e. The van der Waals surface area contributed by atoms with Crippen LogP contribution in [-0.2, 0) is 4.79 Å². The number of amides is 1. The lowest BCUT2D eigenvalue weighted by molar-refractivity contribution is -0.125. The number of nitrogens with one attached hydrogen (secondary N) is 2. The Hall–Kier alpha value is -0.610. The normalized spacial score (nSPS) is 18.6. The monoisotopic (exact) mass is 241 g/mol. The molecule has 0 aromatic heterocycles. The molecule has 0 bridgehead atoms. The minimum Gasteiger partial charge on any atom is -0.359 e. The van der Waals surface area contributed by atoms with Crippen molar-refractivity contribution >= 4 is 5.91 Å². The second-order valence-corrected chi connectivity index (χ2v) is 5.19. The van der Waals surface area contributed by atoms with Crippen LogP contribution in [-0.4, -0.2) is 50.1 Å². The van der Waals surface area contributed by atoms with Crippen molar-refractivity contribution in [3.05, 3.63) is 0 Å². The van der Waals surface area contributed by atoms with E-state index in [-0.39, 0.29) is 11.8 Å². The first-order chi connectivity index (χ1) is 8.13. The minimum absolute atomic E-state index is 0.214. The smallest absolute Gasteiger partial charge is 0.222 e. The molecule has 1 fully saturated rings. The summed E-state index contributed by atoms with van der Waals surface area (Å²) in [7, 11) is 1.73. The predicted molar refractivity (Wildman–Crippen MR) is 71.0 cm³/mol. The van der Waals surface area contributed by atoms with Crippen LogP contribution in [0.5, 0.6) is 0 Å². The molecular weight excluding hydrogens is 214 g/mol. The first-order valence-electron chi connectivity index (χ1n) is 6.80. The van der Waals surface area contributed by atoms with Crippen LogP contribution in [0.2, 0.25) is 0 Å². The van der Waals surface area contributed by atoms with Crippen LogP contribution in [0.15, 0.2) is 0 Å². The second-order valence-electron chi connectivity index (χ2n) is 5.19. The molecule has 4 nitrogen and oxygen atoms in total. The Morgan fingerprint density at radius 1 is 1.35 bits per heavy atom. The van der Waals surface area contributed by atoms with Gasteiger partial charge in [-0.1, -0.05) is 13.8 Å². The summed E-state index contributed by atoms with van der Waals surface area (Å²) in [4.78, 5) is 13.9. The van der Waals surface area contributed by atoms with Crippen molar-refractivity contribution in [1.29, 1.82) is 0 Å². The average molecular weight is 241 g/mol. The molecule has 1 saturated heterocycles. The highest BCUT2D eigenvalue weighted by atomic mass is 16.1. The molecule has 0 aromatic rings. The second kappa shape index (κ2) is 7.67. The molecule has 0 saturated carbocycles. The van der Waals surface area contributed by atoms with Crippen molar-refractivity contribution in [3.8, 4) is 0 Å². The summed E-state index contributed by atoms with van der Waals surface area (Å²) in [6, 6.07) is 0.578. The molecule has 1 aliphatic heterocycles. The van der Waals surface area contributed by atoms with Crippen LogP contribution in [0.4, 0.5) is 0 Å². The van der Waals surface area contributed by atoms with E-state index in [9.17, 15) is 4.79 Å². The third kappa shape index (κ3) is 5.50. The maximum Gasteiger partial charge on any atom is 0.222 e. The molecule has 17 heavy (non-hydrogen) atoms. The third-order valence-electron chi connectivity index (χ3n) is 3.41. The summed E-state index contributed by atoms with van der Waals surface area (Å²) in [5.74, 6) is 0.455. The molecule has 1 heterocycles. The van der Waals surface area contributed by atoms with Gasteiger partial charge < -0.3 is 15.5 Å². The number of likely N-dealkylation sites (tertiary alicyclic amines) is 1. The van der Waals surface area contributed by atoms with E-state index in [4.69, 9.17) is 0 Å². The Balaban J connectivity index is 2.09. The molecule has 0 spiro atoms. The number of carbonyl (C=O) groups excluding carboxylic acids is 1. The van der Waals surface area contributed by atoms with Crippen LogP contribution in [0.25, 0.3) is 0 Å². The summed E-state index contributed by atoms with van der Waals surface area (Å²) >= 11 is 0. The molecule has 1 aliphatic rings. The quantitative estimate of drug-likeness (QED) is 0.677. The van der Waals surface area contributed by atoms with Crippen LogP contribution < -0.4 is 10.6 Å². The van der Waals surface area contributed by atoms with E-state index in [1.807, 2.05) is 0 Å². The van der Waals surface area contributed by atoms with Crippen LogP contribution in [0.3, 0.4) is 0 Å². The van der Waals surface area contributed by atoms with Crippen molar-refractivity contribution in [2.45, 2.75) is 39.2 Å². The van der Waals surface area contributed by atoms with Crippen LogP contribution in [0, 0.1) is 5.92 Å². The van der Waals surface area contributed by atoms with Gasteiger partial charge in [-0.05, 0) is 45.4 Å². The van der Waals surface area contributed by atoms with E-state index in [1.165, 1.54) is 6.42 Å². The van der Waals surface area contributed by atoms with Gasteiger partial charge in [-0.2, -0.15) is 0 Å². The van der Waals surface area contributed by atoms with E-state index >= 15 is 0 Å². The average Bonchev–Trinajstić information content (AvgIpc) is 2.34. The zero-order chi connectivity index (χ0) is 12.7. The number of nitrogens with zero attached hydrogens (tertiary/aromatic N) is 1. The molecular formula is C13H27N3O. The maximum atomic E-state index is 11.5. The fourth-order valence-electron chi connectivity index (χ4n) is 2.32. The zero-order valence-corrected chi connectivity index (χ0v) is 11.5. The molecule has 1 amide bonds. The van der Waals surface area contributed by atoms with Gasteiger partial charge in [-0.3, -0.25) is 4.79 Å². The summed E-state index contributed by atoms with van der Waals surface area (Å²) in [5.41, 5.74) is 0. The molecule has 0 radical (unpaired) electrons. The van der Waals surface area contributed by atoms with E-state index < -0.39 is 0 Å². The van der Waals surface area contributed by atoms with E-state index in [1.54, 1.807) is 7.05 Å². The maximum absolute atomic E-state index is 11.5. The number of hydrogen-bond donors (Lipinski definition) is 2. The van der Waals surface area contributed by atoms with Gasteiger partial charge in [0.2, 0.25) is 5.91 Å². The van der Waals surface area contributed by atoms with Gasteiger partial charge in [-0.15, -0.1) is 0 Å². The standard InChI is InChI=1S/C13H27N3O/c1-11(2)15-7-4-8-16-9-5-12(6-10-16)13(17)14-3/h11-12,15H,4-10H2,1-3H3,(H,14,17). The highest BCUT2D eigenvalue weighted by Gasteiger charge is 2.23. The Labute approximate surface area is 105 Å². The van der Waals surface area contributed by atoms with E-state index in [0.717, 1.165) is 39.0 Å². The molecule has 0 unspecified atom stereocenters. The summed E-state index contributed by atoms with van der Waals surface area (Å²) in [5, 5.41) is 6.18. The first-order valence-corrected chi connectivity index (χ1v) is 6.80. The molecule has 4 heteroatoms. The zero-order valence-electron chi connectivity index (χ0n) is 11.5. The van der Waals surface area contributed by atoms with Gasteiger partial charge in [0.25, 0.3) is 0 Å². The van der Waals surface area contributed by atoms with Gasteiger partial charge >= 0.3 is 0 Å². The number of rotatable bonds is 6. The van der Waals surface area contributed by atoms with Gasteiger partial charge in [0.1, 0.15) is 0 Å². The van der Waals surface area contributed by atoms with E-state index in [0.29, 0.717) is 6.04 Å². The fourth-order valence-corrected chi connectivity index (χ4v) is 2.32. The molecule has 1 rings (SSSR count). The topological polar surface area (TPSA) is 44.4 Å². The third-order valence-corrected chi connectivity index (χ3v) is 3.41. The van der Waals surface area contributed by atoms with Crippen molar-refractivity contribution in [2.24, 2.45) is 5.92 Å². The summed E-state index contributed by atoms with van der Waals surface area (Å²) < 4.78 is 0. The Morgan fingerprint density at radius 3 is 2.53 bits per heavy atom. The number of hydrogen-bond acceptors (Lipinski definition) is 3. The lowest BCUT2D eigenvalue weighted by Crippen LogP contribution is -2.40. The van der Waals surface area contributed by atoms with Crippen molar-refractivity contribution in [2.75, 3.05) is 33.2 Å². The molecule has 2 N–H and O–H groups in total. The number of carbonyl (C=O) groups is 1. The highest BCUT2D eigenvalue weighted by Crippen LogP contribution is 2.17. The number of piperidine rings is 1. The van der Waals surface area contributed by atoms with Crippen LogP contribution >= 0.6 is 0 Å². The SMILES string of the molecule is CNC(=O)C1CCN(CCCNC(C)C)CC1. The molecule has 0 aliphatic carbocycles. The molecule has 0 aromatic carbocycles. The molecule has 100 valence electrons.